The molecule has 0 aromatic rings. The number of rotatable bonds is 5. The zero-order valence-corrected chi connectivity index (χ0v) is 9.71. The molecule has 0 saturated carbocycles. The third kappa shape index (κ3) is 5.87. The van der Waals surface area contributed by atoms with Gasteiger partial charge >= 0.3 is 0 Å². The number of carbonyl (C=O) groups excluding carboxylic acids is 1. The van der Waals surface area contributed by atoms with Gasteiger partial charge in [0.15, 0.2) is 0 Å². The van der Waals surface area contributed by atoms with Gasteiger partial charge in [-0.2, -0.15) is 0 Å². The van der Waals surface area contributed by atoms with E-state index in [9.17, 15) is 4.79 Å². The molecule has 0 unspecified atom stereocenters. The molecule has 0 aromatic heterocycles. The Labute approximate surface area is 88.3 Å². The van der Waals surface area contributed by atoms with Gasteiger partial charge in [0.25, 0.3) is 5.95 Å². The smallest absolute Gasteiger partial charge is 0.289 e. The Bertz CT molecular complexity index is 194. The summed E-state index contributed by atoms with van der Waals surface area (Å²) in [6, 6.07) is 0. The van der Waals surface area contributed by atoms with E-state index in [2.05, 4.69) is 12.6 Å². The normalized spacial score (nSPS) is 9.23. The second kappa shape index (κ2) is 7.15. The van der Waals surface area contributed by atoms with Gasteiger partial charge in [-0.3, -0.25) is 4.79 Å². The predicted octanol–water partition coefficient (Wildman–Crippen LogP) is 3.03. The summed E-state index contributed by atoms with van der Waals surface area (Å²) in [6.07, 6.45) is 0. The van der Waals surface area contributed by atoms with Crippen molar-refractivity contribution in [1.82, 2.24) is 0 Å². The maximum Gasteiger partial charge on any atom is 0.289 e. The Morgan fingerprint density at radius 1 is 1.31 bits per heavy atom. The van der Waals surface area contributed by atoms with Crippen LogP contribution in [0.25, 0.3) is 0 Å². The molecule has 0 spiro atoms. The molecule has 0 aliphatic heterocycles. The summed E-state index contributed by atoms with van der Waals surface area (Å²) in [5.74, 6) is 0.414. The molecule has 0 aliphatic rings. The molecule has 0 saturated heterocycles. The monoisotopic (exact) mass is 222 g/mol. The lowest BCUT2D eigenvalue weighted by Gasteiger charge is -2.10. The largest absolute Gasteiger partial charge is 0.465 e. The van der Waals surface area contributed by atoms with E-state index in [1.165, 1.54) is 0 Å². The van der Waals surface area contributed by atoms with Crippen LogP contribution >= 0.6 is 24.4 Å². The molecule has 0 N–H and O–H groups in total. The van der Waals surface area contributed by atoms with Crippen molar-refractivity contribution in [3.05, 3.63) is 10.9 Å². The van der Waals surface area contributed by atoms with Crippen LogP contribution in [-0.2, 0) is 9.47 Å². The summed E-state index contributed by atoms with van der Waals surface area (Å²) in [4.78, 5) is 11.3. The average Bonchev–Trinajstić information content (AvgIpc) is 2.02. The van der Waals surface area contributed by atoms with Crippen molar-refractivity contribution in [3.63, 3.8) is 0 Å². The number of ether oxygens (including phenoxy) is 2. The fourth-order valence-corrected chi connectivity index (χ4v) is 1.55. The first-order chi connectivity index (χ1) is 6.11. The highest BCUT2D eigenvalue weighted by Gasteiger charge is 2.07. The van der Waals surface area contributed by atoms with Crippen molar-refractivity contribution in [2.75, 3.05) is 13.2 Å². The zero-order chi connectivity index (χ0) is 10.3. The van der Waals surface area contributed by atoms with Crippen LogP contribution in [0, 0.1) is 0 Å². The molecule has 13 heavy (non-hydrogen) atoms. The van der Waals surface area contributed by atoms with Crippen LogP contribution in [0.1, 0.15) is 20.8 Å². The summed E-state index contributed by atoms with van der Waals surface area (Å²) >= 11 is 4.64. The molecule has 0 aliphatic carbocycles. The third-order valence-electron chi connectivity index (χ3n) is 1.08. The van der Waals surface area contributed by atoms with Gasteiger partial charge in [0.1, 0.15) is 0 Å². The van der Waals surface area contributed by atoms with E-state index in [4.69, 9.17) is 9.47 Å². The van der Waals surface area contributed by atoms with Gasteiger partial charge < -0.3 is 9.47 Å². The van der Waals surface area contributed by atoms with Gasteiger partial charge in [-0.15, -0.1) is 0 Å². The zero-order valence-electron chi connectivity index (χ0n) is 7.99. The molecule has 5 heteroatoms. The summed E-state index contributed by atoms with van der Waals surface area (Å²) in [7, 11) is 0. The number of allylic oxidation sites excluding steroid dienone is 1. The number of hydrogen-bond acceptors (Lipinski definition) is 4. The second-order valence-electron chi connectivity index (χ2n) is 2.08. The van der Waals surface area contributed by atoms with Gasteiger partial charge in [0.2, 0.25) is 4.45 Å². The second-order valence-corrected chi connectivity index (χ2v) is 3.97. The first-order valence-corrected chi connectivity index (χ1v) is 5.25. The summed E-state index contributed by atoms with van der Waals surface area (Å²) in [6.45, 7) is 6.53. The van der Waals surface area contributed by atoms with Gasteiger partial charge in [-0.05, 0) is 32.5 Å². The third-order valence-corrected chi connectivity index (χ3v) is 2.00. The van der Waals surface area contributed by atoms with Crippen molar-refractivity contribution >= 4 is 28.8 Å². The number of thioether (sulfide) groups is 1. The van der Waals surface area contributed by atoms with Crippen molar-refractivity contribution in [2.24, 2.45) is 0 Å². The molecule has 3 nitrogen and oxygen atoms in total. The lowest BCUT2D eigenvalue weighted by molar-refractivity contribution is 0.0451. The van der Waals surface area contributed by atoms with Crippen LogP contribution in [-0.4, -0.2) is 17.7 Å². The minimum Gasteiger partial charge on any atom is -0.465 e. The van der Waals surface area contributed by atoms with E-state index in [0.717, 1.165) is 11.8 Å². The van der Waals surface area contributed by atoms with Gasteiger partial charge in [-0.1, -0.05) is 12.6 Å². The molecule has 76 valence electrons. The molecule has 0 bridgehead atoms. The fraction of sp³-hybridized carbons (Fsp3) is 0.625. The summed E-state index contributed by atoms with van der Waals surface area (Å²) < 4.78 is 10.1. The van der Waals surface area contributed by atoms with E-state index in [1.54, 1.807) is 6.92 Å². The van der Waals surface area contributed by atoms with E-state index in [0.29, 0.717) is 24.1 Å². The van der Waals surface area contributed by atoms with Gasteiger partial charge in [0, 0.05) is 0 Å². The average molecular weight is 222 g/mol. The van der Waals surface area contributed by atoms with Gasteiger partial charge in [0.05, 0.1) is 18.1 Å². The highest BCUT2D eigenvalue weighted by molar-refractivity contribution is 8.33. The fourth-order valence-electron chi connectivity index (χ4n) is 0.680. The van der Waals surface area contributed by atoms with Crippen molar-refractivity contribution in [3.8, 4) is 0 Å². The van der Waals surface area contributed by atoms with Crippen molar-refractivity contribution in [1.29, 1.82) is 0 Å². The number of thiol groups is 1. The molecule has 0 atom stereocenters. The van der Waals surface area contributed by atoms with Crippen LogP contribution in [0.3, 0.4) is 0 Å². The first-order valence-electron chi connectivity index (χ1n) is 3.99. The minimum absolute atomic E-state index is 0.269. The van der Waals surface area contributed by atoms with Crippen LogP contribution < -0.4 is 0 Å². The Hall–Kier alpha value is -0.290. The molecular weight excluding hydrogens is 208 g/mol. The maximum absolute atomic E-state index is 10.6. The molecular formula is C8H14O3S2. The predicted molar refractivity (Wildman–Crippen MR) is 57.9 cm³/mol. The Balaban J connectivity index is 4.33. The SMILES string of the molecule is CCOC(OCC)=C(C)SC(=O)S. The lowest BCUT2D eigenvalue weighted by atomic mass is 10.6. The van der Waals surface area contributed by atoms with E-state index in [-0.39, 0.29) is 4.45 Å². The van der Waals surface area contributed by atoms with E-state index >= 15 is 0 Å². The molecule has 0 fully saturated rings. The molecule has 0 radical (unpaired) electrons. The molecule has 0 amide bonds. The van der Waals surface area contributed by atoms with E-state index in [1.807, 2.05) is 13.8 Å². The lowest BCUT2D eigenvalue weighted by Crippen LogP contribution is -2.00. The highest BCUT2D eigenvalue weighted by atomic mass is 32.2. The van der Waals surface area contributed by atoms with Crippen LogP contribution in [0.4, 0.5) is 4.79 Å². The Morgan fingerprint density at radius 2 is 1.77 bits per heavy atom. The molecule has 0 aromatic carbocycles. The quantitative estimate of drug-likeness (QED) is 0.573. The van der Waals surface area contributed by atoms with Crippen LogP contribution in [0.2, 0.25) is 0 Å². The van der Waals surface area contributed by atoms with E-state index < -0.39 is 0 Å². The number of carbonyl (C=O) groups is 1. The number of hydrogen-bond donors (Lipinski definition) is 1. The summed E-state index contributed by atoms with van der Waals surface area (Å²) in [5, 5.41) is 0. The topological polar surface area (TPSA) is 35.5 Å². The van der Waals surface area contributed by atoms with Crippen molar-refractivity contribution < 1.29 is 14.3 Å². The molecule has 0 rings (SSSR count). The van der Waals surface area contributed by atoms with Crippen LogP contribution in [0.5, 0.6) is 0 Å². The summed E-state index contributed by atoms with van der Waals surface area (Å²) in [5.41, 5.74) is 0. The minimum atomic E-state index is -0.269. The van der Waals surface area contributed by atoms with Crippen molar-refractivity contribution in [2.45, 2.75) is 20.8 Å². The van der Waals surface area contributed by atoms with Crippen LogP contribution in [0.15, 0.2) is 10.9 Å². The Kier molecular flexibility index (Phi) is 6.99. The highest BCUT2D eigenvalue weighted by Crippen LogP contribution is 2.23. The standard InChI is InChI=1S/C8H14O3S2/c1-4-10-7(11-5-2)6(3)13-8(9)12/h4-5H2,1-3H3,(H,9,12). The maximum atomic E-state index is 10.6. The first kappa shape index (κ1) is 12.7. The molecule has 0 heterocycles. The Morgan fingerprint density at radius 3 is 2.08 bits per heavy atom. The van der Waals surface area contributed by atoms with Gasteiger partial charge in [-0.25, -0.2) is 0 Å².